The molecule has 1 nitrogen and oxygen atoms in total. The molecule has 1 aliphatic carbocycles. The predicted molar refractivity (Wildman–Crippen MR) is 126 cm³/mol. The van der Waals surface area contributed by atoms with Crippen LogP contribution in [0.25, 0.3) is 12.2 Å². The zero-order chi connectivity index (χ0) is 20.0. The van der Waals surface area contributed by atoms with Crippen LogP contribution >= 0.6 is 0 Å². The van der Waals surface area contributed by atoms with Crippen LogP contribution in [-0.4, -0.2) is 7.05 Å². The lowest BCUT2D eigenvalue weighted by Gasteiger charge is -2.03. The Morgan fingerprint density at radius 1 is 0.857 bits per heavy atom. The monoisotopic (exact) mass is 365 g/mol. The van der Waals surface area contributed by atoms with Crippen LogP contribution in [-0.2, 0) is 0 Å². The SMILES string of the molecule is C=C/C=C(C=C)/C=C\C(=C/C1=C/C=C\C=C/c2ccccc2/C=C/C=C/1)NC. The van der Waals surface area contributed by atoms with Crippen molar-refractivity contribution in [3.05, 3.63) is 144 Å². The van der Waals surface area contributed by atoms with Gasteiger partial charge in [-0.15, -0.1) is 0 Å². The number of benzene rings is 1. The molecule has 0 spiro atoms. The van der Waals surface area contributed by atoms with E-state index in [4.69, 9.17) is 0 Å². The van der Waals surface area contributed by atoms with Crippen molar-refractivity contribution in [3.8, 4) is 0 Å². The van der Waals surface area contributed by atoms with Crippen LogP contribution in [0.1, 0.15) is 11.1 Å². The lowest BCUT2D eigenvalue weighted by atomic mass is 10.1. The van der Waals surface area contributed by atoms with E-state index in [2.05, 4.69) is 91.3 Å². The van der Waals surface area contributed by atoms with E-state index >= 15 is 0 Å². The first-order valence-corrected chi connectivity index (χ1v) is 9.28. The summed E-state index contributed by atoms with van der Waals surface area (Å²) < 4.78 is 0. The lowest BCUT2D eigenvalue weighted by Crippen LogP contribution is -2.03. The van der Waals surface area contributed by atoms with Gasteiger partial charge in [-0.05, 0) is 34.4 Å². The molecular weight excluding hydrogens is 338 g/mol. The smallest absolute Gasteiger partial charge is 0.0343 e. The fourth-order valence-corrected chi connectivity index (χ4v) is 2.58. The summed E-state index contributed by atoms with van der Waals surface area (Å²) in [5, 5.41) is 3.23. The van der Waals surface area contributed by atoms with Gasteiger partial charge in [-0.3, -0.25) is 0 Å². The molecule has 1 N–H and O–H groups in total. The molecule has 1 aliphatic rings. The minimum atomic E-state index is 0.998. The van der Waals surface area contributed by atoms with Gasteiger partial charge in [-0.25, -0.2) is 0 Å². The molecule has 0 saturated heterocycles. The first kappa shape index (κ1) is 20.7. The minimum absolute atomic E-state index is 0.998. The Hall–Kier alpha value is -3.58. The normalized spacial score (nSPS) is 19.4. The van der Waals surface area contributed by atoms with E-state index < -0.39 is 0 Å². The summed E-state index contributed by atoms with van der Waals surface area (Å²) in [6.45, 7) is 7.55. The van der Waals surface area contributed by atoms with E-state index in [-0.39, 0.29) is 0 Å². The Labute approximate surface area is 169 Å². The highest BCUT2D eigenvalue weighted by molar-refractivity contribution is 5.66. The number of rotatable bonds is 6. The van der Waals surface area contributed by atoms with Gasteiger partial charge in [0, 0.05) is 12.7 Å². The fourth-order valence-electron chi connectivity index (χ4n) is 2.58. The number of allylic oxidation sites excluding steroid dienone is 15. The van der Waals surface area contributed by atoms with Crippen molar-refractivity contribution in [2.45, 2.75) is 0 Å². The first-order chi connectivity index (χ1) is 13.8. The van der Waals surface area contributed by atoms with Crippen LogP contribution < -0.4 is 5.32 Å². The van der Waals surface area contributed by atoms with Crippen LogP contribution in [0.2, 0.25) is 0 Å². The predicted octanol–water partition coefficient (Wildman–Crippen LogP) is 6.72. The molecule has 1 aromatic carbocycles. The minimum Gasteiger partial charge on any atom is -0.388 e. The Morgan fingerprint density at radius 2 is 1.54 bits per heavy atom. The van der Waals surface area contributed by atoms with Crippen LogP contribution in [0.15, 0.2) is 133 Å². The number of hydrogen-bond acceptors (Lipinski definition) is 1. The van der Waals surface area contributed by atoms with Crippen LogP contribution in [0.3, 0.4) is 0 Å². The van der Waals surface area contributed by atoms with E-state index in [1.165, 1.54) is 11.1 Å². The van der Waals surface area contributed by atoms with Gasteiger partial charge in [0.2, 0.25) is 0 Å². The quantitative estimate of drug-likeness (QED) is 0.552. The van der Waals surface area contributed by atoms with Gasteiger partial charge in [-0.1, -0.05) is 116 Å². The molecule has 0 radical (unpaired) electrons. The highest BCUT2D eigenvalue weighted by atomic mass is 14.8. The maximum atomic E-state index is 3.82. The van der Waals surface area contributed by atoms with Gasteiger partial charge in [0.1, 0.15) is 0 Å². The summed E-state index contributed by atoms with van der Waals surface area (Å²) in [7, 11) is 1.91. The van der Waals surface area contributed by atoms with Gasteiger partial charge in [0.25, 0.3) is 0 Å². The third kappa shape index (κ3) is 6.97. The molecule has 0 fully saturated rings. The summed E-state index contributed by atoms with van der Waals surface area (Å²) in [6, 6.07) is 8.35. The van der Waals surface area contributed by atoms with Crippen LogP contribution in [0, 0.1) is 0 Å². The highest BCUT2D eigenvalue weighted by Gasteiger charge is 1.94. The summed E-state index contributed by atoms with van der Waals surface area (Å²) >= 11 is 0. The van der Waals surface area contributed by atoms with E-state index in [0.29, 0.717) is 0 Å². The van der Waals surface area contributed by atoms with Crippen molar-refractivity contribution in [2.75, 3.05) is 7.05 Å². The van der Waals surface area contributed by atoms with E-state index in [0.717, 1.165) is 16.8 Å². The van der Waals surface area contributed by atoms with Gasteiger partial charge in [-0.2, -0.15) is 0 Å². The number of likely N-dealkylation sites (N-methyl/N-ethyl adjacent to an activating group) is 1. The maximum Gasteiger partial charge on any atom is 0.0343 e. The zero-order valence-electron chi connectivity index (χ0n) is 16.4. The van der Waals surface area contributed by atoms with Crippen molar-refractivity contribution in [3.63, 3.8) is 0 Å². The second-order valence-electron chi connectivity index (χ2n) is 6.05. The lowest BCUT2D eigenvalue weighted by molar-refractivity contribution is 1.03. The van der Waals surface area contributed by atoms with E-state index in [1.807, 2.05) is 37.4 Å². The molecule has 2 rings (SSSR count). The third-order valence-electron chi connectivity index (χ3n) is 4.07. The maximum absolute atomic E-state index is 3.82. The molecule has 0 aromatic heterocycles. The summed E-state index contributed by atoms with van der Waals surface area (Å²) in [5.74, 6) is 0. The average Bonchev–Trinajstić information content (AvgIpc) is 2.71. The number of fused-ring (bicyclic) bond motifs is 1. The molecule has 28 heavy (non-hydrogen) atoms. The average molecular weight is 366 g/mol. The van der Waals surface area contributed by atoms with Gasteiger partial charge in [0.05, 0.1) is 0 Å². The van der Waals surface area contributed by atoms with Gasteiger partial charge < -0.3 is 5.32 Å². The molecular formula is C27H27N. The van der Waals surface area contributed by atoms with Gasteiger partial charge in [0.15, 0.2) is 0 Å². The molecule has 0 aliphatic heterocycles. The summed E-state index contributed by atoms with van der Waals surface area (Å²) in [5.41, 5.74) is 5.49. The standard InChI is InChI=1S/C27H27N/c1-4-13-23(5-2)20-21-27(28-3)22-24-14-7-6-8-16-25-18-11-12-19-26(25)17-10-9-15-24/h4-22,28H,1-2H2,3H3/b7-6-,8-6?,10-9?,14-7?,15-9+,16-8-,17-10+,21-20-,23-13+,24-14?,24-15?,25-16?,26-17?,27-22+. The molecule has 0 unspecified atom stereocenters. The summed E-state index contributed by atoms with van der Waals surface area (Å²) in [6.07, 6.45) is 30.3. The molecule has 140 valence electrons. The second-order valence-corrected chi connectivity index (χ2v) is 6.05. The van der Waals surface area contributed by atoms with Crippen molar-refractivity contribution >= 4 is 12.2 Å². The molecule has 0 atom stereocenters. The number of nitrogens with one attached hydrogen (secondary N) is 1. The van der Waals surface area contributed by atoms with Crippen molar-refractivity contribution in [2.24, 2.45) is 0 Å². The third-order valence-corrected chi connectivity index (χ3v) is 4.07. The summed E-state index contributed by atoms with van der Waals surface area (Å²) in [4.78, 5) is 0. The van der Waals surface area contributed by atoms with E-state index in [1.54, 1.807) is 12.2 Å². The molecule has 0 saturated carbocycles. The van der Waals surface area contributed by atoms with Crippen LogP contribution in [0.5, 0.6) is 0 Å². The first-order valence-electron chi connectivity index (χ1n) is 9.28. The highest BCUT2D eigenvalue weighted by Crippen LogP contribution is 2.14. The van der Waals surface area contributed by atoms with Gasteiger partial charge >= 0.3 is 0 Å². The van der Waals surface area contributed by atoms with E-state index in [9.17, 15) is 0 Å². The molecule has 0 amide bonds. The number of hydrogen-bond donors (Lipinski definition) is 1. The topological polar surface area (TPSA) is 12.0 Å². The molecule has 0 bridgehead atoms. The molecule has 1 heteroatoms. The van der Waals surface area contributed by atoms with Crippen molar-refractivity contribution in [1.82, 2.24) is 5.32 Å². The Balaban J connectivity index is 2.30. The largest absolute Gasteiger partial charge is 0.388 e. The van der Waals surface area contributed by atoms with Crippen LogP contribution in [0.4, 0.5) is 0 Å². The zero-order valence-corrected chi connectivity index (χ0v) is 16.4. The van der Waals surface area contributed by atoms with Crippen molar-refractivity contribution in [1.29, 1.82) is 0 Å². The Bertz CT molecular complexity index is 925. The van der Waals surface area contributed by atoms with Crippen molar-refractivity contribution < 1.29 is 0 Å². The Kier molecular flexibility index (Phi) is 8.83. The fraction of sp³-hybridized carbons (Fsp3) is 0.0370. The molecule has 1 aromatic rings. The second kappa shape index (κ2) is 11.9. The molecule has 0 heterocycles. The Morgan fingerprint density at radius 3 is 2.18 bits per heavy atom.